The van der Waals surface area contributed by atoms with Crippen molar-refractivity contribution in [3.05, 3.63) is 0 Å². The predicted octanol–water partition coefficient (Wildman–Crippen LogP) is 0.265. The molecule has 0 spiro atoms. The first kappa shape index (κ1) is 11.5. The number of carbonyl (C=O) groups excluding carboxylic acids is 1. The van der Waals surface area contributed by atoms with Gasteiger partial charge in [-0.25, -0.2) is 0 Å². The van der Waals surface area contributed by atoms with Gasteiger partial charge in [-0.3, -0.25) is 4.79 Å². The molecule has 3 N–H and O–H groups in total. The van der Waals surface area contributed by atoms with E-state index in [-0.39, 0.29) is 18.6 Å². The summed E-state index contributed by atoms with van der Waals surface area (Å²) in [4.78, 5) is 11.4. The van der Waals surface area contributed by atoms with Gasteiger partial charge in [-0.15, -0.1) is 0 Å². The Kier molecular flexibility index (Phi) is 4.35. The molecule has 2 atom stereocenters. The number of amides is 1. The fourth-order valence-electron chi connectivity index (χ4n) is 1.52. The summed E-state index contributed by atoms with van der Waals surface area (Å²) < 4.78 is 4.81. The molecule has 14 heavy (non-hydrogen) atoms. The van der Waals surface area contributed by atoms with Crippen LogP contribution in [0.2, 0.25) is 0 Å². The molecule has 4 heteroatoms. The van der Waals surface area contributed by atoms with E-state index in [1.807, 2.05) is 6.92 Å². The normalized spacial score (nSPS) is 20.2. The summed E-state index contributed by atoms with van der Waals surface area (Å²) in [7, 11) is 1.54. The summed E-state index contributed by atoms with van der Waals surface area (Å²) >= 11 is 0. The molecule has 0 aromatic rings. The first-order chi connectivity index (χ1) is 6.63. The van der Waals surface area contributed by atoms with Crippen molar-refractivity contribution < 1.29 is 9.53 Å². The molecule has 2 unspecified atom stereocenters. The van der Waals surface area contributed by atoms with Crippen LogP contribution in [0.25, 0.3) is 0 Å². The van der Waals surface area contributed by atoms with Crippen LogP contribution in [-0.2, 0) is 9.53 Å². The smallest absolute Gasteiger partial charge is 0.239 e. The number of methoxy groups -OCH3 is 1. The third kappa shape index (κ3) is 4.07. The second-order valence-electron chi connectivity index (χ2n) is 4.15. The molecule has 1 aliphatic rings. The first-order valence-corrected chi connectivity index (χ1v) is 5.18. The summed E-state index contributed by atoms with van der Waals surface area (Å²) in [6, 6.07) is -0.306. The highest BCUT2D eigenvalue weighted by Crippen LogP contribution is 2.33. The minimum atomic E-state index is -0.540. The van der Waals surface area contributed by atoms with E-state index < -0.39 is 6.04 Å². The van der Waals surface area contributed by atoms with Crippen LogP contribution in [0.4, 0.5) is 0 Å². The predicted molar refractivity (Wildman–Crippen MR) is 54.8 cm³/mol. The molecular formula is C10H20N2O2. The van der Waals surface area contributed by atoms with Crippen molar-refractivity contribution in [1.29, 1.82) is 0 Å². The maximum Gasteiger partial charge on any atom is 0.239 e. The standard InChI is InChI=1S/C10H20N2O2/c1-7(5-8-3-4-8)12-10(13)9(11)6-14-2/h7-9H,3-6,11H2,1-2H3,(H,12,13). The summed E-state index contributed by atoms with van der Waals surface area (Å²) in [5.41, 5.74) is 5.59. The minimum Gasteiger partial charge on any atom is -0.383 e. The Morgan fingerprint density at radius 1 is 1.64 bits per heavy atom. The van der Waals surface area contributed by atoms with Gasteiger partial charge in [-0.2, -0.15) is 0 Å². The van der Waals surface area contributed by atoms with E-state index in [4.69, 9.17) is 10.5 Å². The number of nitrogens with two attached hydrogens (primary N) is 1. The molecular weight excluding hydrogens is 180 g/mol. The quantitative estimate of drug-likeness (QED) is 0.646. The average molecular weight is 200 g/mol. The van der Waals surface area contributed by atoms with E-state index >= 15 is 0 Å². The van der Waals surface area contributed by atoms with E-state index in [2.05, 4.69) is 5.32 Å². The Hall–Kier alpha value is -0.610. The van der Waals surface area contributed by atoms with Gasteiger partial charge >= 0.3 is 0 Å². The molecule has 4 nitrogen and oxygen atoms in total. The van der Waals surface area contributed by atoms with Gasteiger partial charge in [0.05, 0.1) is 6.61 Å². The van der Waals surface area contributed by atoms with Gasteiger partial charge in [-0.05, 0) is 19.3 Å². The lowest BCUT2D eigenvalue weighted by Gasteiger charge is -2.16. The van der Waals surface area contributed by atoms with Crippen molar-refractivity contribution in [3.63, 3.8) is 0 Å². The molecule has 0 aliphatic heterocycles. The molecule has 0 saturated heterocycles. The highest BCUT2D eigenvalue weighted by Gasteiger charge is 2.25. The number of nitrogens with one attached hydrogen (secondary N) is 1. The van der Waals surface area contributed by atoms with Crippen molar-refractivity contribution in [2.45, 2.75) is 38.3 Å². The van der Waals surface area contributed by atoms with Crippen LogP contribution < -0.4 is 11.1 Å². The molecule has 1 fully saturated rings. The van der Waals surface area contributed by atoms with Gasteiger partial charge in [0.1, 0.15) is 6.04 Å². The summed E-state index contributed by atoms with van der Waals surface area (Å²) in [5, 5.41) is 2.89. The molecule has 1 aliphatic carbocycles. The Morgan fingerprint density at radius 3 is 2.79 bits per heavy atom. The van der Waals surface area contributed by atoms with Crippen LogP contribution >= 0.6 is 0 Å². The number of carbonyl (C=O) groups is 1. The van der Waals surface area contributed by atoms with Crippen LogP contribution in [0.3, 0.4) is 0 Å². The van der Waals surface area contributed by atoms with E-state index in [1.54, 1.807) is 7.11 Å². The zero-order valence-corrected chi connectivity index (χ0v) is 8.95. The van der Waals surface area contributed by atoms with Gasteiger partial charge < -0.3 is 15.8 Å². The molecule has 1 amide bonds. The number of rotatable bonds is 6. The van der Waals surface area contributed by atoms with Crippen LogP contribution in [0, 0.1) is 5.92 Å². The molecule has 0 bridgehead atoms. The van der Waals surface area contributed by atoms with E-state index in [1.165, 1.54) is 12.8 Å². The third-order valence-electron chi connectivity index (χ3n) is 2.46. The molecule has 1 saturated carbocycles. The SMILES string of the molecule is COCC(N)C(=O)NC(C)CC1CC1. The van der Waals surface area contributed by atoms with Crippen LogP contribution in [-0.4, -0.2) is 31.7 Å². The maximum absolute atomic E-state index is 11.4. The summed E-state index contributed by atoms with van der Waals surface area (Å²) in [5.74, 6) is 0.712. The van der Waals surface area contributed by atoms with Gasteiger partial charge in [0.15, 0.2) is 0 Å². The number of ether oxygens (including phenoxy) is 1. The lowest BCUT2D eigenvalue weighted by atomic mass is 10.1. The van der Waals surface area contributed by atoms with Crippen molar-refractivity contribution >= 4 is 5.91 Å². The monoisotopic (exact) mass is 200 g/mol. The second kappa shape index (κ2) is 5.32. The average Bonchev–Trinajstić information content (AvgIpc) is 2.88. The first-order valence-electron chi connectivity index (χ1n) is 5.18. The van der Waals surface area contributed by atoms with E-state index in [9.17, 15) is 4.79 Å². The van der Waals surface area contributed by atoms with Crippen LogP contribution in [0.1, 0.15) is 26.2 Å². The van der Waals surface area contributed by atoms with Gasteiger partial charge in [0, 0.05) is 13.2 Å². The molecule has 0 heterocycles. The second-order valence-corrected chi connectivity index (χ2v) is 4.15. The molecule has 0 aromatic heterocycles. The Bertz CT molecular complexity index is 193. The lowest BCUT2D eigenvalue weighted by Crippen LogP contribution is -2.46. The van der Waals surface area contributed by atoms with E-state index in [0.717, 1.165) is 12.3 Å². The van der Waals surface area contributed by atoms with Gasteiger partial charge in [0.25, 0.3) is 0 Å². The topological polar surface area (TPSA) is 64.3 Å². The molecule has 0 aromatic carbocycles. The summed E-state index contributed by atoms with van der Waals surface area (Å²) in [6.45, 7) is 2.30. The van der Waals surface area contributed by atoms with Crippen molar-refractivity contribution in [3.8, 4) is 0 Å². The molecule has 0 radical (unpaired) electrons. The van der Waals surface area contributed by atoms with Gasteiger partial charge in [0.2, 0.25) is 5.91 Å². The maximum atomic E-state index is 11.4. The zero-order valence-electron chi connectivity index (χ0n) is 8.95. The molecule has 82 valence electrons. The Morgan fingerprint density at radius 2 is 2.29 bits per heavy atom. The third-order valence-corrected chi connectivity index (χ3v) is 2.46. The van der Waals surface area contributed by atoms with Crippen molar-refractivity contribution in [2.24, 2.45) is 11.7 Å². The fourth-order valence-corrected chi connectivity index (χ4v) is 1.52. The highest BCUT2D eigenvalue weighted by molar-refractivity contribution is 5.81. The zero-order chi connectivity index (χ0) is 10.6. The van der Waals surface area contributed by atoms with E-state index in [0.29, 0.717) is 0 Å². The minimum absolute atomic E-state index is 0.111. The number of hydrogen-bond donors (Lipinski definition) is 2. The van der Waals surface area contributed by atoms with Crippen LogP contribution in [0.15, 0.2) is 0 Å². The van der Waals surface area contributed by atoms with Crippen molar-refractivity contribution in [1.82, 2.24) is 5.32 Å². The fraction of sp³-hybridized carbons (Fsp3) is 0.900. The largest absolute Gasteiger partial charge is 0.383 e. The van der Waals surface area contributed by atoms with Crippen LogP contribution in [0.5, 0.6) is 0 Å². The van der Waals surface area contributed by atoms with Crippen molar-refractivity contribution in [2.75, 3.05) is 13.7 Å². The number of hydrogen-bond acceptors (Lipinski definition) is 3. The lowest BCUT2D eigenvalue weighted by molar-refractivity contribution is -0.124. The molecule has 1 rings (SSSR count). The Labute approximate surface area is 85.2 Å². The highest BCUT2D eigenvalue weighted by atomic mass is 16.5. The Balaban J connectivity index is 2.16. The van der Waals surface area contributed by atoms with Gasteiger partial charge in [-0.1, -0.05) is 12.8 Å². The summed E-state index contributed by atoms with van der Waals surface area (Å²) in [6.07, 6.45) is 3.69.